The fraction of sp³-hybridized carbons (Fsp3) is 0.350. The molecule has 1 saturated heterocycles. The minimum atomic E-state index is 0.147. The van der Waals surface area contributed by atoms with Crippen molar-refractivity contribution in [2.75, 3.05) is 26.2 Å². The fourth-order valence-electron chi connectivity index (χ4n) is 3.26. The average molecular weight is 382 g/mol. The minimum Gasteiger partial charge on any atom is -0.335 e. The van der Waals surface area contributed by atoms with Gasteiger partial charge in [-0.05, 0) is 23.9 Å². The Morgan fingerprint density at radius 1 is 1.07 bits per heavy atom. The molecule has 3 heterocycles. The van der Waals surface area contributed by atoms with E-state index in [1.165, 1.54) is 22.5 Å². The van der Waals surface area contributed by atoms with E-state index >= 15 is 0 Å². The predicted octanol–water partition coefficient (Wildman–Crippen LogP) is 2.65. The van der Waals surface area contributed by atoms with Crippen molar-refractivity contribution in [1.82, 2.24) is 24.8 Å². The summed E-state index contributed by atoms with van der Waals surface area (Å²) in [5.74, 6) is 0.147. The molecule has 1 fully saturated rings. The molecule has 0 spiro atoms. The molecule has 0 atom stereocenters. The monoisotopic (exact) mass is 381 g/mol. The Balaban J connectivity index is 1.29. The van der Waals surface area contributed by atoms with Gasteiger partial charge in [-0.2, -0.15) is 0 Å². The van der Waals surface area contributed by atoms with Crippen molar-refractivity contribution in [3.05, 3.63) is 69.7 Å². The standard InChI is InChI=1S/C20H23N5OS/c1-16-4-6-17(7-5-16)13-25-15-18(21-22-25)14-23-8-10-24(11-9-23)20(26)19-3-2-12-27-19/h2-7,12,15H,8-11,13-14H2,1H3. The Morgan fingerprint density at radius 3 is 2.56 bits per heavy atom. The largest absolute Gasteiger partial charge is 0.335 e. The predicted molar refractivity (Wildman–Crippen MR) is 106 cm³/mol. The molecule has 6 nitrogen and oxygen atoms in total. The van der Waals surface area contributed by atoms with Crippen LogP contribution in [0, 0.1) is 6.92 Å². The number of hydrogen-bond donors (Lipinski definition) is 0. The number of aromatic nitrogens is 3. The molecular weight excluding hydrogens is 358 g/mol. The van der Waals surface area contributed by atoms with E-state index in [1.54, 1.807) is 0 Å². The van der Waals surface area contributed by atoms with Crippen molar-refractivity contribution in [1.29, 1.82) is 0 Å². The molecule has 1 amide bonds. The van der Waals surface area contributed by atoms with E-state index in [1.807, 2.05) is 33.3 Å². The van der Waals surface area contributed by atoms with Crippen LogP contribution in [0.2, 0.25) is 0 Å². The van der Waals surface area contributed by atoms with Crippen LogP contribution in [-0.4, -0.2) is 56.9 Å². The van der Waals surface area contributed by atoms with Gasteiger partial charge in [0.25, 0.3) is 5.91 Å². The molecule has 140 valence electrons. The molecular formula is C20H23N5OS. The highest BCUT2D eigenvalue weighted by Crippen LogP contribution is 2.15. The SMILES string of the molecule is Cc1ccc(Cn2cc(CN3CCN(C(=O)c4cccs4)CC3)nn2)cc1. The van der Waals surface area contributed by atoms with Crippen molar-refractivity contribution >= 4 is 17.2 Å². The van der Waals surface area contributed by atoms with Crippen molar-refractivity contribution in [2.45, 2.75) is 20.0 Å². The number of thiophene rings is 1. The van der Waals surface area contributed by atoms with Gasteiger partial charge in [0.05, 0.1) is 23.3 Å². The summed E-state index contributed by atoms with van der Waals surface area (Å²) < 4.78 is 1.89. The van der Waals surface area contributed by atoms with Crippen LogP contribution >= 0.6 is 11.3 Å². The molecule has 0 unspecified atom stereocenters. The maximum Gasteiger partial charge on any atom is 0.264 e. The second-order valence-corrected chi connectivity index (χ2v) is 7.89. The molecule has 2 aromatic heterocycles. The number of rotatable bonds is 5. The molecule has 0 N–H and O–H groups in total. The first kappa shape index (κ1) is 17.9. The lowest BCUT2D eigenvalue weighted by atomic mass is 10.1. The zero-order chi connectivity index (χ0) is 18.6. The molecule has 27 heavy (non-hydrogen) atoms. The molecule has 0 saturated carbocycles. The Kier molecular flexibility index (Phi) is 5.31. The Hall–Kier alpha value is -2.51. The van der Waals surface area contributed by atoms with Gasteiger partial charge in [-0.3, -0.25) is 9.69 Å². The third kappa shape index (κ3) is 4.43. The zero-order valence-electron chi connectivity index (χ0n) is 15.4. The summed E-state index contributed by atoms with van der Waals surface area (Å²) in [7, 11) is 0. The number of carbonyl (C=O) groups is 1. The van der Waals surface area contributed by atoms with Gasteiger partial charge in [0.1, 0.15) is 0 Å². The van der Waals surface area contributed by atoms with E-state index in [2.05, 4.69) is 46.4 Å². The molecule has 4 rings (SSSR count). The average Bonchev–Trinajstić information content (AvgIpc) is 3.36. The fourth-order valence-corrected chi connectivity index (χ4v) is 3.95. The van der Waals surface area contributed by atoms with Crippen LogP contribution in [0.1, 0.15) is 26.5 Å². The summed E-state index contributed by atoms with van der Waals surface area (Å²) in [6.07, 6.45) is 2.02. The highest BCUT2D eigenvalue weighted by molar-refractivity contribution is 7.12. The van der Waals surface area contributed by atoms with Gasteiger partial charge in [-0.15, -0.1) is 16.4 Å². The van der Waals surface area contributed by atoms with Gasteiger partial charge in [0, 0.05) is 32.7 Å². The topological polar surface area (TPSA) is 54.3 Å². The van der Waals surface area contributed by atoms with E-state index in [4.69, 9.17) is 0 Å². The molecule has 3 aromatic rings. The summed E-state index contributed by atoms with van der Waals surface area (Å²) in [5.41, 5.74) is 3.45. The van der Waals surface area contributed by atoms with Gasteiger partial charge in [0.2, 0.25) is 0 Å². The second-order valence-electron chi connectivity index (χ2n) is 6.94. The van der Waals surface area contributed by atoms with E-state index in [0.717, 1.165) is 49.8 Å². The molecule has 0 bridgehead atoms. The molecule has 1 aliphatic heterocycles. The number of amides is 1. The Morgan fingerprint density at radius 2 is 1.85 bits per heavy atom. The van der Waals surface area contributed by atoms with Crippen LogP contribution < -0.4 is 0 Å². The van der Waals surface area contributed by atoms with Gasteiger partial charge in [-0.1, -0.05) is 41.1 Å². The molecule has 0 aliphatic carbocycles. The highest BCUT2D eigenvalue weighted by Gasteiger charge is 2.23. The van der Waals surface area contributed by atoms with Gasteiger partial charge < -0.3 is 4.90 Å². The maximum atomic E-state index is 12.4. The summed E-state index contributed by atoms with van der Waals surface area (Å²) in [4.78, 5) is 17.5. The van der Waals surface area contributed by atoms with Crippen molar-refractivity contribution < 1.29 is 4.79 Å². The number of carbonyl (C=O) groups excluding carboxylic acids is 1. The quantitative estimate of drug-likeness (QED) is 0.682. The number of hydrogen-bond acceptors (Lipinski definition) is 5. The van der Waals surface area contributed by atoms with E-state index in [9.17, 15) is 4.79 Å². The minimum absolute atomic E-state index is 0.147. The number of nitrogens with zero attached hydrogens (tertiary/aromatic N) is 5. The highest BCUT2D eigenvalue weighted by atomic mass is 32.1. The van der Waals surface area contributed by atoms with E-state index in [0.29, 0.717) is 0 Å². The van der Waals surface area contributed by atoms with Gasteiger partial charge in [0.15, 0.2) is 0 Å². The Labute approximate surface area is 163 Å². The molecule has 0 radical (unpaired) electrons. The third-order valence-corrected chi connectivity index (χ3v) is 5.69. The summed E-state index contributed by atoms with van der Waals surface area (Å²) in [6.45, 7) is 6.84. The van der Waals surface area contributed by atoms with Gasteiger partial charge in [-0.25, -0.2) is 4.68 Å². The summed E-state index contributed by atoms with van der Waals surface area (Å²) in [6, 6.07) is 12.3. The maximum absolute atomic E-state index is 12.4. The smallest absolute Gasteiger partial charge is 0.264 e. The number of piperazine rings is 1. The number of aryl methyl sites for hydroxylation is 1. The van der Waals surface area contributed by atoms with Crippen molar-refractivity contribution in [2.24, 2.45) is 0 Å². The number of benzene rings is 1. The first-order valence-corrected chi connectivity index (χ1v) is 10.0. The van der Waals surface area contributed by atoms with Crippen molar-refractivity contribution in [3.8, 4) is 0 Å². The Bertz CT molecular complexity index is 880. The lowest BCUT2D eigenvalue weighted by Gasteiger charge is -2.34. The van der Waals surface area contributed by atoms with Crippen LogP contribution in [0.25, 0.3) is 0 Å². The van der Waals surface area contributed by atoms with Crippen LogP contribution in [0.5, 0.6) is 0 Å². The summed E-state index contributed by atoms with van der Waals surface area (Å²) >= 11 is 1.51. The summed E-state index contributed by atoms with van der Waals surface area (Å²) in [5, 5.41) is 10.5. The second kappa shape index (κ2) is 8.02. The first-order chi connectivity index (χ1) is 13.2. The lowest BCUT2D eigenvalue weighted by Crippen LogP contribution is -2.48. The van der Waals surface area contributed by atoms with Gasteiger partial charge >= 0.3 is 0 Å². The molecule has 1 aromatic carbocycles. The zero-order valence-corrected chi connectivity index (χ0v) is 16.2. The third-order valence-electron chi connectivity index (χ3n) is 4.83. The van der Waals surface area contributed by atoms with Crippen molar-refractivity contribution in [3.63, 3.8) is 0 Å². The lowest BCUT2D eigenvalue weighted by molar-refractivity contribution is 0.0631. The normalized spacial score (nSPS) is 15.2. The molecule has 1 aliphatic rings. The first-order valence-electron chi connectivity index (χ1n) is 9.17. The van der Waals surface area contributed by atoms with Crippen LogP contribution in [-0.2, 0) is 13.1 Å². The van der Waals surface area contributed by atoms with Crippen LogP contribution in [0.3, 0.4) is 0 Å². The van der Waals surface area contributed by atoms with Crippen LogP contribution in [0.15, 0.2) is 48.0 Å². The van der Waals surface area contributed by atoms with E-state index in [-0.39, 0.29) is 5.91 Å². The van der Waals surface area contributed by atoms with Crippen LogP contribution in [0.4, 0.5) is 0 Å². The van der Waals surface area contributed by atoms with E-state index < -0.39 is 0 Å². The molecule has 7 heteroatoms.